The van der Waals surface area contributed by atoms with Gasteiger partial charge in [0.15, 0.2) is 0 Å². The molecule has 0 saturated carbocycles. The topological polar surface area (TPSA) is 137 Å². The van der Waals surface area contributed by atoms with Gasteiger partial charge >= 0.3 is 5.97 Å². The van der Waals surface area contributed by atoms with Gasteiger partial charge in [0.25, 0.3) is 10.1 Å². The maximum absolute atomic E-state index is 12.4. The monoisotopic (exact) mass is 461 g/mol. The Morgan fingerprint density at radius 1 is 1.06 bits per heavy atom. The highest BCUT2D eigenvalue weighted by atomic mass is 32.2. The number of hydrogen-bond acceptors (Lipinski definition) is 8. The lowest BCUT2D eigenvalue weighted by atomic mass is 10.0. The number of ether oxygens (including phenoxy) is 3. The number of carbonyl (C=O) groups excluding carboxylic acids is 1. The Morgan fingerprint density at radius 2 is 1.66 bits per heavy atom. The molecule has 1 aliphatic rings. The summed E-state index contributed by atoms with van der Waals surface area (Å²) >= 11 is 0. The van der Waals surface area contributed by atoms with E-state index in [0.717, 1.165) is 17.4 Å². The third-order valence-corrected chi connectivity index (χ3v) is 5.21. The molecular formula is C21H23N3O7S. The highest BCUT2D eigenvalue weighted by Crippen LogP contribution is 2.28. The minimum absolute atomic E-state index is 0.0656. The predicted molar refractivity (Wildman–Crippen MR) is 114 cm³/mol. The predicted octanol–water partition coefficient (Wildman–Crippen LogP) is 2.74. The van der Waals surface area contributed by atoms with Crippen molar-refractivity contribution in [2.24, 2.45) is 5.11 Å². The lowest BCUT2D eigenvalue weighted by Crippen LogP contribution is -2.43. The zero-order valence-corrected chi connectivity index (χ0v) is 18.1. The fraction of sp³-hybridized carbons (Fsp3) is 0.381. The minimum Gasteiger partial charge on any atom is -0.457 e. The standard InChI is InChI=1S/C21H23N3O7S/c1-32(26,27)31-20-19(29-13-16-10-6-3-7-11-16)18(30-21(20)25)17(23-24-22)14-28-12-15-8-4-2-5-9-15/h2-11,17-20H,12-14H2,1H3/t17-,18+,19-,20-/m1/s1. The maximum atomic E-state index is 12.4. The van der Waals surface area contributed by atoms with Crippen molar-refractivity contribution in [1.29, 1.82) is 0 Å². The smallest absolute Gasteiger partial charge is 0.340 e. The van der Waals surface area contributed by atoms with Crippen molar-refractivity contribution in [3.05, 3.63) is 82.2 Å². The Kier molecular flexibility index (Phi) is 8.20. The highest BCUT2D eigenvalue weighted by molar-refractivity contribution is 7.86. The van der Waals surface area contributed by atoms with Crippen LogP contribution in [0.4, 0.5) is 0 Å². The van der Waals surface area contributed by atoms with Crippen molar-refractivity contribution in [2.45, 2.75) is 37.6 Å². The van der Waals surface area contributed by atoms with Crippen LogP contribution in [0.1, 0.15) is 11.1 Å². The number of carbonyl (C=O) groups is 1. The molecule has 1 fully saturated rings. The van der Waals surface area contributed by atoms with E-state index in [0.29, 0.717) is 0 Å². The zero-order chi connectivity index (χ0) is 23.0. The number of cyclic esters (lactones) is 1. The molecule has 1 saturated heterocycles. The fourth-order valence-corrected chi connectivity index (χ4v) is 3.80. The first-order valence-corrected chi connectivity index (χ1v) is 11.6. The largest absolute Gasteiger partial charge is 0.457 e. The molecule has 0 bridgehead atoms. The van der Waals surface area contributed by atoms with Crippen LogP contribution in [-0.4, -0.2) is 51.6 Å². The van der Waals surface area contributed by atoms with Crippen LogP contribution in [0.2, 0.25) is 0 Å². The molecule has 0 radical (unpaired) electrons. The second-order valence-corrected chi connectivity index (χ2v) is 8.76. The number of azide groups is 1. The molecule has 0 aromatic heterocycles. The number of benzene rings is 2. The summed E-state index contributed by atoms with van der Waals surface area (Å²) in [6.07, 6.45) is -2.92. The van der Waals surface area contributed by atoms with E-state index in [1.165, 1.54) is 0 Å². The van der Waals surface area contributed by atoms with Gasteiger partial charge in [-0.3, -0.25) is 4.18 Å². The van der Waals surface area contributed by atoms with Crippen LogP contribution in [0.15, 0.2) is 65.8 Å². The lowest BCUT2D eigenvalue weighted by Gasteiger charge is -2.25. The van der Waals surface area contributed by atoms with Crippen molar-refractivity contribution >= 4 is 16.1 Å². The molecule has 4 atom stereocenters. The zero-order valence-electron chi connectivity index (χ0n) is 17.3. The molecule has 0 amide bonds. The number of esters is 1. The van der Waals surface area contributed by atoms with E-state index in [1.807, 2.05) is 60.7 Å². The Hall–Kier alpha value is -2.95. The van der Waals surface area contributed by atoms with E-state index in [9.17, 15) is 13.2 Å². The van der Waals surface area contributed by atoms with Gasteiger partial charge in [-0.25, -0.2) is 4.79 Å². The van der Waals surface area contributed by atoms with Gasteiger partial charge in [-0.1, -0.05) is 65.8 Å². The molecule has 0 unspecified atom stereocenters. The Balaban J connectivity index is 1.76. The first-order chi connectivity index (χ1) is 15.4. The van der Waals surface area contributed by atoms with Crippen LogP contribution < -0.4 is 0 Å². The van der Waals surface area contributed by atoms with Gasteiger partial charge < -0.3 is 14.2 Å². The van der Waals surface area contributed by atoms with E-state index < -0.39 is 40.4 Å². The average Bonchev–Trinajstić information content (AvgIpc) is 3.07. The van der Waals surface area contributed by atoms with Crippen LogP contribution in [0.3, 0.4) is 0 Å². The number of rotatable bonds is 11. The third-order valence-electron chi connectivity index (χ3n) is 4.65. The molecule has 0 spiro atoms. The van der Waals surface area contributed by atoms with Crippen LogP contribution in [0, 0.1) is 0 Å². The Labute approximate surface area is 185 Å². The van der Waals surface area contributed by atoms with Crippen LogP contribution in [-0.2, 0) is 46.5 Å². The summed E-state index contributed by atoms with van der Waals surface area (Å²) in [4.78, 5) is 15.2. The molecule has 10 nitrogen and oxygen atoms in total. The molecule has 0 aliphatic carbocycles. The first-order valence-electron chi connectivity index (χ1n) is 9.77. The molecule has 3 rings (SSSR count). The van der Waals surface area contributed by atoms with Gasteiger partial charge in [-0.15, -0.1) is 0 Å². The Morgan fingerprint density at radius 3 is 2.22 bits per heavy atom. The van der Waals surface area contributed by atoms with E-state index in [1.54, 1.807) is 0 Å². The molecule has 170 valence electrons. The second-order valence-electron chi connectivity index (χ2n) is 7.16. The van der Waals surface area contributed by atoms with Gasteiger partial charge in [0.05, 0.1) is 26.1 Å². The lowest BCUT2D eigenvalue weighted by molar-refractivity contribution is -0.147. The fourth-order valence-electron chi connectivity index (χ4n) is 3.24. The van der Waals surface area contributed by atoms with E-state index in [4.69, 9.17) is 23.9 Å². The molecule has 2 aromatic carbocycles. The van der Waals surface area contributed by atoms with Crippen molar-refractivity contribution < 1.29 is 31.6 Å². The van der Waals surface area contributed by atoms with Crippen molar-refractivity contribution in [3.8, 4) is 0 Å². The van der Waals surface area contributed by atoms with E-state index in [2.05, 4.69) is 10.0 Å². The molecule has 1 heterocycles. The van der Waals surface area contributed by atoms with E-state index >= 15 is 0 Å². The normalized spacial score (nSPS) is 21.5. The van der Waals surface area contributed by atoms with Gasteiger partial charge in [-0.05, 0) is 16.7 Å². The minimum atomic E-state index is -3.99. The van der Waals surface area contributed by atoms with Crippen LogP contribution >= 0.6 is 0 Å². The van der Waals surface area contributed by atoms with Crippen molar-refractivity contribution in [3.63, 3.8) is 0 Å². The van der Waals surface area contributed by atoms with Crippen LogP contribution in [0.5, 0.6) is 0 Å². The van der Waals surface area contributed by atoms with Gasteiger partial charge in [-0.2, -0.15) is 8.42 Å². The van der Waals surface area contributed by atoms with Gasteiger partial charge in [0.1, 0.15) is 18.2 Å². The highest BCUT2D eigenvalue weighted by Gasteiger charge is 2.51. The second kappa shape index (κ2) is 11.1. The summed E-state index contributed by atoms with van der Waals surface area (Å²) in [7, 11) is -3.99. The van der Waals surface area contributed by atoms with Crippen molar-refractivity contribution in [1.82, 2.24) is 0 Å². The van der Waals surface area contributed by atoms with Crippen LogP contribution in [0.25, 0.3) is 10.4 Å². The molecule has 11 heteroatoms. The molecule has 32 heavy (non-hydrogen) atoms. The van der Waals surface area contributed by atoms with Crippen molar-refractivity contribution in [2.75, 3.05) is 12.9 Å². The molecule has 1 aliphatic heterocycles. The third kappa shape index (κ3) is 6.78. The molecule has 2 aromatic rings. The SMILES string of the molecule is CS(=O)(=O)O[C@H]1C(=O)O[C@@H]([C@@H](COCc2ccccc2)N=[N+]=[N-])[C@H]1OCc1ccccc1. The van der Waals surface area contributed by atoms with Gasteiger partial charge in [0.2, 0.25) is 6.10 Å². The van der Waals surface area contributed by atoms with E-state index in [-0.39, 0.29) is 19.8 Å². The number of hydrogen-bond donors (Lipinski definition) is 0. The van der Waals surface area contributed by atoms with Gasteiger partial charge in [0, 0.05) is 4.91 Å². The Bertz CT molecular complexity index is 1040. The maximum Gasteiger partial charge on any atom is 0.340 e. The summed E-state index contributed by atoms with van der Waals surface area (Å²) < 4.78 is 45.2. The summed E-state index contributed by atoms with van der Waals surface area (Å²) in [5.41, 5.74) is 10.7. The summed E-state index contributed by atoms with van der Waals surface area (Å²) in [5.74, 6) is -0.917. The summed E-state index contributed by atoms with van der Waals surface area (Å²) in [5, 5.41) is 3.70. The molecular weight excluding hydrogens is 438 g/mol. The molecule has 0 N–H and O–H groups in total. The average molecular weight is 461 g/mol. The first kappa shape index (κ1) is 23.7. The number of nitrogens with zero attached hydrogens (tertiary/aromatic N) is 3. The summed E-state index contributed by atoms with van der Waals surface area (Å²) in [6.45, 7) is 0.238. The summed E-state index contributed by atoms with van der Waals surface area (Å²) in [6, 6.07) is 17.5. The quantitative estimate of drug-likeness (QED) is 0.165.